The van der Waals surface area contributed by atoms with Gasteiger partial charge >= 0.3 is 0 Å². The summed E-state index contributed by atoms with van der Waals surface area (Å²) in [6.45, 7) is 6.12. The Balaban J connectivity index is 2.00. The number of amides is 3. The molecule has 0 radical (unpaired) electrons. The van der Waals surface area contributed by atoms with E-state index in [0.717, 1.165) is 0 Å². The first-order chi connectivity index (χ1) is 17.2. The van der Waals surface area contributed by atoms with Gasteiger partial charge in [-0.1, -0.05) is 26.0 Å². The van der Waals surface area contributed by atoms with Gasteiger partial charge in [0, 0.05) is 45.3 Å². The van der Waals surface area contributed by atoms with Crippen LogP contribution in [0, 0.1) is 11.7 Å². The Bertz CT molecular complexity index is 1110. The van der Waals surface area contributed by atoms with E-state index in [2.05, 4.69) is 5.32 Å². The van der Waals surface area contributed by atoms with Gasteiger partial charge < -0.3 is 24.6 Å². The fraction of sp³-hybridized carbons (Fsp3) is 0.444. The Morgan fingerprint density at radius 2 is 1.89 bits per heavy atom. The molecule has 2 aromatic rings. The van der Waals surface area contributed by atoms with Crippen LogP contribution in [0.3, 0.4) is 0 Å². The third-order valence-electron chi connectivity index (χ3n) is 6.41. The second kappa shape index (κ2) is 12.0. The van der Waals surface area contributed by atoms with Gasteiger partial charge in [-0.3, -0.25) is 14.4 Å². The molecule has 0 bridgehead atoms. The average Bonchev–Trinajstić information content (AvgIpc) is 2.87. The maximum absolute atomic E-state index is 14.5. The fourth-order valence-electron chi connectivity index (χ4n) is 4.18. The number of halogens is 1. The number of carbonyl (C=O) groups excluding carboxylic acids is 3. The van der Waals surface area contributed by atoms with Gasteiger partial charge in [-0.15, -0.1) is 0 Å². The first-order valence-corrected chi connectivity index (χ1v) is 12.1. The second-order valence-corrected chi connectivity index (χ2v) is 9.15. The molecule has 0 aromatic heterocycles. The van der Waals surface area contributed by atoms with Crippen LogP contribution in [0.25, 0.3) is 0 Å². The highest BCUT2D eigenvalue weighted by atomic mass is 19.1. The highest BCUT2D eigenvalue weighted by Crippen LogP contribution is 2.27. The molecule has 3 atom stereocenters. The minimum absolute atomic E-state index is 0.0124. The Morgan fingerprint density at radius 1 is 1.17 bits per heavy atom. The predicted octanol–water partition coefficient (Wildman–Crippen LogP) is 3.82. The normalized spacial score (nSPS) is 21.1. The van der Waals surface area contributed by atoms with Crippen molar-refractivity contribution >= 4 is 23.4 Å². The maximum Gasteiger partial charge on any atom is 0.257 e. The minimum atomic E-state index is -0.588. The van der Waals surface area contributed by atoms with E-state index in [1.807, 2.05) is 13.8 Å². The van der Waals surface area contributed by atoms with Crippen molar-refractivity contribution in [2.45, 2.75) is 39.3 Å². The van der Waals surface area contributed by atoms with Gasteiger partial charge in [-0.25, -0.2) is 4.39 Å². The van der Waals surface area contributed by atoms with Crippen LogP contribution in [0.1, 0.15) is 47.9 Å². The van der Waals surface area contributed by atoms with Crippen LogP contribution in [-0.4, -0.2) is 73.5 Å². The molecule has 2 aromatic carbocycles. The zero-order chi connectivity index (χ0) is 26.4. The van der Waals surface area contributed by atoms with E-state index in [0.29, 0.717) is 17.9 Å². The largest absolute Gasteiger partial charge is 0.491 e. The molecule has 3 rings (SSSR count). The van der Waals surface area contributed by atoms with Gasteiger partial charge in [-0.2, -0.15) is 0 Å². The van der Waals surface area contributed by atoms with E-state index < -0.39 is 17.8 Å². The molecule has 0 spiro atoms. The van der Waals surface area contributed by atoms with Gasteiger partial charge in [0.25, 0.3) is 11.8 Å². The number of nitrogens with zero attached hydrogens (tertiary/aromatic N) is 2. The topological polar surface area (TPSA) is 88.2 Å². The predicted molar refractivity (Wildman–Crippen MR) is 135 cm³/mol. The van der Waals surface area contributed by atoms with Crippen molar-refractivity contribution in [3.8, 4) is 5.75 Å². The van der Waals surface area contributed by atoms with E-state index in [4.69, 9.17) is 9.47 Å². The lowest BCUT2D eigenvalue weighted by Gasteiger charge is -2.36. The van der Waals surface area contributed by atoms with Crippen LogP contribution in [0.5, 0.6) is 5.75 Å². The Labute approximate surface area is 211 Å². The number of carbonyl (C=O) groups is 3. The number of likely N-dealkylation sites (N-methyl/N-ethyl adjacent to an activating group) is 1. The zero-order valence-electron chi connectivity index (χ0n) is 21.4. The molecule has 3 amide bonds. The summed E-state index contributed by atoms with van der Waals surface area (Å²) in [5, 5.41) is 2.77. The van der Waals surface area contributed by atoms with Crippen molar-refractivity contribution in [1.82, 2.24) is 9.80 Å². The van der Waals surface area contributed by atoms with Gasteiger partial charge in [0.2, 0.25) is 5.91 Å². The van der Waals surface area contributed by atoms with E-state index in [1.54, 1.807) is 56.3 Å². The second-order valence-electron chi connectivity index (χ2n) is 9.15. The van der Waals surface area contributed by atoms with Crippen LogP contribution >= 0.6 is 0 Å². The molecule has 1 aliphatic rings. The third-order valence-corrected chi connectivity index (χ3v) is 6.41. The van der Waals surface area contributed by atoms with E-state index in [1.165, 1.54) is 17.0 Å². The van der Waals surface area contributed by atoms with Crippen LogP contribution in [0.4, 0.5) is 10.1 Å². The first-order valence-electron chi connectivity index (χ1n) is 12.1. The van der Waals surface area contributed by atoms with Crippen LogP contribution in [-0.2, 0) is 9.53 Å². The summed E-state index contributed by atoms with van der Waals surface area (Å²) in [4.78, 5) is 41.8. The van der Waals surface area contributed by atoms with Crippen LogP contribution in [0.15, 0.2) is 42.5 Å². The van der Waals surface area contributed by atoms with Crippen LogP contribution in [0.2, 0.25) is 0 Å². The molecule has 36 heavy (non-hydrogen) atoms. The standard InChI is InChI=1S/C27H34FN3O5/c1-6-25(32)29-19-11-12-23-21(13-19)26(33)30(4)15-24(35-5)17(2)14-31(18(3)16-36-23)27(34)20-9-7-8-10-22(20)28/h7-13,17-18,24H,6,14-16H2,1-5H3,(H,29,32)/t17-,18+,24+/m1/s1. The number of benzene rings is 2. The lowest BCUT2D eigenvalue weighted by Crippen LogP contribution is -2.48. The summed E-state index contributed by atoms with van der Waals surface area (Å²) in [5.74, 6) is -1.32. The fourth-order valence-corrected chi connectivity index (χ4v) is 4.18. The number of methoxy groups -OCH3 is 1. The number of ether oxygens (including phenoxy) is 2. The van der Waals surface area contributed by atoms with Crippen LogP contribution < -0.4 is 10.1 Å². The molecule has 194 valence electrons. The monoisotopic (exact) mass is 499 g/mol. The number of rotatable bonds is 4. The lowest BCUT2D eigenvalue weighted by molar-refractivity contribution is -0.115. The van der Waals surface area contributed by atoms with Gasteiger partial charge in [0.05, 0.1) is 23.3 Å². The summed E-state index contributed by atoms with van der Waals surface area (Å²) >= 11 is 0. The number of hydrogen-bond donors (Lipinski definition) is 1. The number of nitrogens with one attached hydrogen (secondary N) is 1. The first kappa shape index (κ1) is 27.1. The SMILES string of the molecule is CCC(=O)Nc1ccc2c(c1)C(=O)N(C)C[C@H](OC)[C@H](C)CN(C(=O)c1ccccc1F)[C@@H](C)CO2. The summed E-state index contributed by atoms with van der Waals surface area (Å²) in [6.07, 6.45) is -0.0769. The van der Waals surface area contributed by atoms with Crippen molar-refractivity contribution in [3.05, 3.63) is 59.4 Å². The quantitative estimate of drug-likeness (QED) is 0.691. The molecule has 8 nitrogen and oxygen atoms in total. The number of fused-ring (bicyclic) bond motifs is 1. The molecule has 0 aliphatic carbocycles. The van der Waals surface area contributed by atoms with Gasteiger partial charge in [0.15, 0.2) is 0 Å². The Morgan fingerprint density at radius 3 is 2.56 bits per heavy atom. The molecule has 0 unspecified atom stereocenters. The van der Waals surface area contributed by atoms with Gasteiger partial charge in [0.1, 0.15) is 18.2 Å². The maximum atomic E-state index is 14.5. The van der Waals surface area contributed by atoms with Crippen molar-refractivity contribution in [2.24, 2.45) is 5.92 Å². The van der Waals surface area contributed by atoms with Crippen molar-refractivity contribution in [3.63, 3.8) is 0 Å². The number of anilines is 1. The van der Waals surface area contributed by atoms with Gasteiger partial charge in [-0.05, 0) is 37.3 Å². The third kappa shape index (κ3) is 6.20. The highest BCUT2D eigenvalue weighted by molar-refractivity contribution is 5.99. The molecule has 1 heterocycles. The molecular weight excluding hydrogens is 465 g/mol. The van der Waals surface area contributed by atoms with Crippen molar-refractivity contribution in [1.29, 1.82) is 0 Å². The Kier molecular flexibility index (Phi) is 9.03. The molecule has 0 fully saturated rings. The zero-order valence-corrected chi connectivity index (χ0v) is 21.4. The molecule has 0 saturated heterocycles. The highest BCUT2D eigenvalue weighted by Gasteiger charge is 2.31. The van der Waals surface area contributed by atoms with Crippen molar-refractivity contribution in [2.75, 3.05) is 39.2 Å². The van der Waals surface area contributed by atoms with E-state index >= 15 is 0 Å². The lowest BCUT2D eigenvalue weighted by atomic mass is 10.0. The Hall–Kier alpha value is -3.46. The van der Waals surface area contributed by atoms with E-state index in [9.17, 15) is 18.8 Å². The molecule has 0 saturated carbocycles. The molecule has 9 heteroatoms. The molecule has 1 aliphatic heterocycles. The number of hydrogen-bond acceptors (Lipinski definition) is 5. The molecular formula is C27H34FN3O5. The van der Waals surface area contributed by atoms with Crippen molar-refractivity contribution < 1.29 is 28.2 Å². The van der Waals surface area contributed by atoms with E-state index in [-0.39, 0.29) is 54.7 Å². The average molecular weight is 500 g/mol. The smallest absolute Gasteiger partial charge is 0.257 e. The summed E-state index contributed by atoms with van der Waals surface area (Å²) in [6, 6.07) is 10.3. The summed E-state index contributed by atoms with van der Waals surface area (Å²) in [5.41, 5.74) is 0.759. The summed E-state index contributed by atoms with van der Waals surface area (Å²) in [7, 11) is 3.23. The summed E-state index contributed by atoms with van der Waals surface area (Å²) < 4.78 is 26.2. The molecule has 1 N–H and O–H groups in total. The minimum Gasteiger partial charge on any atom is -0.491 e.